The van der Waals surface area contributed by atoms with Crippen LogP contribution in [0.15, 0.2) is 30.5 Å². The zero-order chi connectivity index (χ0) is 15.5. The van der Waals surface area contributed by atoms with E-state index in [0.29, 0.717) is 13.0 Å². The molecule has 6 heteroatoms. The molecule has 3 N–H and O–H groups in total. The van der Waals surface area contributed by atoms with Crippen LogP contribution in [0.5, 0.6) is 0 Å². The van der Waals surface area contributed by atoms with Crippen molar-refractivity contribution in [2.24, 2.45) is 5.73 Å². The van der Waals surface area contributed by atoms with Gasteiger partial charge in [0.2, 0.25) is 5.91 Å². The van der Waals surface area contributed by atoms with Crippen LogP contribution in [0.2, 0.25) is 0 Å². The Balaban J connectivity index is 0.00000192. The lowest BCUT2D eigenvalue weighted by atomic mass is 10.0. The molecule has 0 radical (unpaired) electrons. The van der Waals surface area contributed by atoms with Gasteiger partial charge in [0.15, 0.2) is 0 Å². The number of amides is 1. The van der Waals surface area contributed by atoms with E-state index in [1.807, 2.05) is 24.4 Å². The maximum atomic E-state index is 12.4. The second-order valence-electron chi connectivity index (χ2n) is 6.02. The van der Waals surface area contributed by atoms with E-state index in [1.165, 1.54) is 0 Å². The Hall–Kier alpha value is -1.56. The van der Waals surface area contributed by atoms with Gasteiger partial charge >= 0.3 is 0 Å². The molecule has 1 unspecified atom stereocenters. The number of carbonyl (C=O) groups is 1. The van der Waals surface area contributed by atoms with E-state index in [0.717, 1.165) is 35.9 Å². The van der Waals surface area contributed by atoms with Crippen molar-refractivity contribution in [2.45, 2.75) is 31.4 Å². The van der Waals surface area contributed by atoms with Gasteiger partial charge in [-0.1, -0.05) is 18.2 Å². The van der Waals surface area contributed by atoms with E-state index in [1.54, 1.807) is 11.9 Å². The number of aromatic nitrogens is 1. The molecular weight excluding hydrogens is 314 g/mol. The van der Waals surface area contributed by atoms with E-state index >= 15 is 0 Å². The summed E-state index contributed by atoms with van der Waals surface area (Å²) in [5.74, 6) is -0.0271. The molecule has 1 aliphatic heterocycles. The molecule has 0 spiro atoms. The number of fused-ring (bicyclic) bond motifs is 1. The lowest BCUT2D eigenvalue weighted by Gasteiger charge is -2.23. The molecule has 1 amide bonds. The normalized spacial score (nSPS) is 18.6. The van der Waals surface area contributed by atoms with Crippen molar-refractivity contribution < 1.29 is 9.53 Å². The quantitative estimate of drug-likeness (QED) is 0.877. The fraction of sp³-hybridized carbons (Fsp3) is 0.471. The minimum absolute atomic E-state index is 0. The molecule has 1 saturated heterocycles. The molecule has 5 nitrogen and oxygen atoms in total. The van der Waals surface area contributed by atoms with Crippen LogP contribution in [-0.4, -0.2) is 48.1 Å². The van der Waals surface area contributed by atoms with E-state index in [2.05, 4.69) is 11.1 Å². The highest BCUT2D eigenvalue weighted by Gasteiger charge is 2.24. The summed E-state index contributed by atoms with van der Waals surface area (Å²) in [5.41, 5.74) is 8.29. The van der Waals surface area contributed by atoms with Crippen LogP contribution in [0.4, 0.5) is 0 Å². The molecule has 1 aliphatic rings. The maximum Gasteiger partial charge on any atom is 0.239 e. The number of rotatable bonds is 5. The molecule has 1 aromatic heterocycles. The van der Waals surface area contributed by atoms with Crippen LogP contribution < -0.4 is 5.73 Å². The number of nitrogens with zero attached hydrogens (tertiary/aromatic N) is 1. The van der Waals surface area contributed by atoms with Gasteiger partial charge in [0.25, 0.3) is 0 Å². The number of H-pyrrole nitrogens is 1. The molecule has 0 saturated carbocycles. The van der Waals surface area contributed by atoms with Gasteiger partial charge in [-0.15, -0.1) is 12.4 Å². The highest BCUT2D eigenvalue weighted by Crippen LogP contribution is 2.19. The first-order valence-electron chi connectivity index (χ1n) is 7.82. The van der Waals surface area contributed by atoms with E-state index < -0.39 is 6.04 Å². The number of benzene rings is 1. The molecule has 23 heavy (non-hydrogen) atoms. The number of para-hydroxylation sites is 1. The average Bonchev–Trinajstić information content (AvgIpc) is 3.17. The molecule has 1 fully saturated rings. The van der Waals surface area contributed by atoms with E-state index in [9.17, 15) is 4.79 Å². The Kier molecular flexibility index (Phi) is 6.04. The maximum absolute atomic E-state index is 12.4. The number of halogens is 1. The Morgan fingerprint density at radius 2 is 2.26 bits per heavy atom. The molecule has 2 atom stereocenters. The van der Waals surface area contributed by atoms with Crippen molar-refractivity contribution in [3.8, 4) is 0 Å². The zero-order valence-electron chi connectivity index (χ0n) is 13.3. The summed E-state index contributed by atoms with van der Waals surface area (Å²) in [6.07, 6.45) is 4.74. The molecular formula is C17H24ClN3O2. The van der Waals surface area contributed by atoms with Gasteiger partial charge in [-0.05, 0) is 30.9 Å². The predicted octanol–water partition coefficient (Wildman–Crippen LogP) is 2.10. The van der Waals surface area contributed by atoms with Gasteiger partial charge < -0.3 is 20.4 Å². The van der Waals surface area contributed by atoms with Crippen molar-refractivity contribution >= 4 is 29.2 Å². The molecule has 126 valence electrons. The third kappa shape index (κ3) is 4.05. The molecule has 0 aliphatic carbocycles. The lowest BCUT2D eigenvalue weighted by molar-refractivity contribution is -0.132. The van der Waals surface area contributed by atoms with Crippen molar-refractivity contribution in [2.75, 3.05) is 20.2 Å². The monoisotopic (exact) mass is 337 g/mol. The summed E-state index contributed by atoms with van der Waals surface area (Å²) < 4.78 is 5.58. The minimum atomic E-state index is -0.523. The van der Waals surface area contributed by atoms with Crippen LogP contribution in [0.1, 0.15) is 18.4 Å². The van der Waals surface area contributed by atoms with Crippen LogP contribution in [0, 0.1) is 0 Å². The fourth-order valence-corrected chi connectivity index (χ4v) is 3.09. The first-order valence-corrected chi connectivity index (χ1v) is 7.82. The number of aromatic amines is 1. The third-order valence-electron chi connectivity index (χ3n) is 4.31. The van der Waals surface area contributed by atoms with Crippen molar-refractivity contribution in [3.63, 3.8) is 0 Å². The highest BCUT2D eigenvalue weighted by atomic mass is 35.5. The topological polar surface area (TPSA) is 71.3 Å². The van der Waals surface area contributed by atoms with Crippen LogP contribution in [0.25, 0.3) is 10.9 Å². The summed E-state index contributed by atoms with van der Waals surface area (Å²) in [4.78, 5) is 17.4. The van der Waals surface area contributed by atoms with Crippen LogP contribution in [0.3, 0.4) is 0 Å². The summed E-state index contributed by atoms with van der Waals surface area (Å²) in [6.45, 7) is 1.43. The molecule has 1 aromatic carbocycles. The summed E-state index contributed by atoms with van der Waals surface area (Å²) in [6, 6.07) is 7.54. The van der Waals surface area contributed by atoms with Crippen LogP contribution in [-0.2, 0) is 16.0 Å². The molecule has 2 heterocycles. The van der Waals surface area contributed by atoms with Crippen molar-refractivity contribution in [1.29, 1.82) is 0 Å². The number of ether oxygens (including phenoxy) is 1. The van der Waals surface area contributed by atoms with Crippen LogP contribution >= 0.6 is 12.4 Å². The third-order valence-corrected chi connectivity index (χ3v) is 4.31. The SMILES string of the molecule is CN(CC1CCCO1)C(=O)[C@@H](N)Cc1c[nH]c2ccccc12.Cl. The first kappa shape index (κ1) is 17.8. The molecule has 2 aromatic rings. The summed E-state index contributed by atoms with van der Waals surface area (Å²) >= 11 is 0. The number of nitrogens with two attached hydrogens (primary N) is 1. The largest absolute Gasteiger partial charge is 0.376 e. The smallest absolute Gasteiger partial charge is 0.239 e. The number of hydrogen-bond donors (Lipinski definition) is 2. The second-order valence-corrected chi connectivity index (χ2v) is 6.02. The van der Waals surface area contributed by atoms with E-state index in [-0.39, 0.29) is 24.4 Å². The van der Waals surface area contributed by atoms with Gasteiger partial charge in [-0.25, -0.2) is 0 Å². The molecule has 3 rings (SSSR count). The standard InChI is InChI=1S/C17H23N3O2.ClH/c1-20(11-13-5-4-8-22-13)17(21)15(18)9-12-10-19-16-7-3-2-6-14(12)16;/h2-3,6-7,10,13,15,19H,4-5,8-9,11,18H2,1H3;1H/t13?,15-;/m0./s1. The lowest BCUT2D eigenvalue weighted by Crippen LogP contribution is -2.45. The Morgan fingerprint density at radius 1 is 1.48 bits per heavy atom. The van der Waals surface area contributed by atoms with Gasteiger partial charge in [0.1, 0.15) is 0 Å². The summed E-state index contributed by atoms with van der Waals surface area (Å²) in [7, 11) is 1.80. The van der Waals surface area contributed by atoms with Gasteiger partial charge in [-0.2, -0.15) is 0 Å². The minimum Gasteiger partial charge on any atom is -0.376 e. The second kappa shape index (κ2) is 7.81. The van der Waals surface area contributed by atoms with Gasteiger partial charge in [0, 0.05) is 37.3 Å². The van der Waals surface area contributed by atoms with Gasteiger partial charge in [0.05, 0.1) is 12.1 Å². The highest BCUT2D eigenvalue weighted by molar-refractivity contribution is 5.86. The summed E-state index contributed by atoms with van der Waals surface area (Å²) in [5, 5.41) is 1.13. The average molecular weight is 338 g/mol. The van der Waals surface area contributed by atoms with Crippen molar-refractivity contribution in [3.05, 3.63) is 36.0 Å². The zero-order valence-corrected chi connectivity index (χ0v) is 14.1. The Morgan fingerprint density at radius 3 is 3.00 bits per heavy atom. The Labute approximate surface area is 142 Å². The molecule has 0 bridgehead atoms. The fourth-order valence-electron chi connectivity index (χ4n) is 3.09. The van der Waals surface area contributed by atoms with Crippen molar-refractivity contribution in [1.82, 2.24) is 9.88 Å². The van der Waals surface area contributed by atoms with E-state index in [4.69, 9.17) is 10.5 Å². The number of likely N-dealkylation sites (N-methyl/N-ethyl adjacent to an activating group) is 1. The first-order chi connectivity index (χ1) is 10.6. The number of carbonyl (C=O) groups excluding carboxylic acids is 1. The Bertz CT molecular complexity index is 652. The number of hydrogen-bond acceptors (Lipinski definition) is 3. The number of nitrogens with one attached hydrogen (secondary N) is 1. The van der Waals surface area contributed by atoms with Gasteiger partial charge in [-0.3, -0.25) is 4.79 Å². The predicted molar refractivity (Wildman–Crippen MR) is 93.8 cm³/mol.